The minimum Gasteiger partial charge on any atom is -0.307 e. The summed E-state index contributed by atoms with van der Waals surface area (Å²) < 4.78 is 37.8. The molecule has 5 heteroatoms. The predicted molar refractivity (Wildman–Crippen MR) is 65.0 cm³/mol. The van der Waals surface area contributed by atoms with E-state index in [1.54, 1.807) is 32.0 Å². The highest BCUT2D eigenvalue weighted by atomic mass is 32.2. The maximum atomic E-state index is 13.7. The van der Waals surface area contributed by atoms with Crippen LogP contribution in [0.4, 0.5) is 4.39 Å². The van der Waals surface area contributed by atoms with Gasteiger partial charge in [-0.3, -0.25) is 0 Å². The first-order valence-corrected chi connectivity index (χ1v) is 7.26. The molecule has 1 aromatic carbocycles. The predicted octanol–water partition coefficient (Wildman–Crippen LogP) is 1.66. The minimum absolute atomic E-state index is 0.360. The van der Waals surface area contributed by atoms with Crippen molar-refractivity contribution in [3.63, 3.8) is 0 Å². The van der Waals surface area contributed by atoms with E-state index in [1.165, 1.54) is 6.07 Å². The summed E-state index contributed by atoms with van der Waals surface area (Å²) in [4.78, 5) is 0. The van der Waals surface area contributed by atoms with Crippen LogP contribution in [0.1, 0.15) is 25.5 Å². The van der Waals surface area contributed by atoms with Gasteiger partial charge in [-0.25, -0.2) is 12.8 Å². The minimum atomic E-state index is -3.18. The largest absolute Gasteiger partial charge is 0.307 e. The zero-order chi connectivity index (χ0) is 12.6. The van der Waals surface area contributed by atoms with E-state index in [4.69, 9.17) is 0 Å². The molecular formula is C12H16FNO2S. The molecule has 0 radical (unpaired) electrons. The van der Waals surface area contributed by atoms with Crippen LogP contribution in [0.15, 0.2) is 24.3 Å². The van der Waals surface area contributed by atoms with Gasteiger partial charge in [0.25, 0.3) is 0 Å². The van der Waals surface area contributed by atoms with Crippen molar-refractivity contribution < 1.29 is 12.8 Å². The highest BCUT2D eigenvalue weighted by Crippen LogP contribution is 2.29. The molecule has 0 aliphatic carbocycles. The fourth-order valence-electron chi connectivity index (χ4n) is 2.22. The van der Waals surface area contributed by atoms with Gasteiger partial charge in [0.1, 0.15) is 5.82 Å². The van der Waals surface area contributed by atoms with Gasteiger partial charge in [-0.2, -0.15) is 0 Å². The molecule has 0 bridgehead atoms. The van der Waals surface area contributed by atoms with Crippen LogP contribution in [-0.4, -0.2) is 25.5 Å². The lowest BCUT2D eigenvalue weighted by molar-refractivity contribution is 0.444. The normalized spacial score (nSPS) is 32.3. The third-order valence-corrected chi connectivity index (χ3v) is 6.01. The number of halogens is 1. The standard InChI is InChI=1S/C12H16FNO2S/c1-8-7-14-12(9(2)17(8,15)16)10-5-3-4-6-11(10)13/h3-6,8-9,12,14H,7H2,1-2H3. The Morgan fingerprint density at radius 3 is 2.59 bits per heavy atom. The first kappa shape index (κ1) is 12.5. The van der Waals surface area contributed by atoms with Crippen molar-refractivity contribution in [3.8, 4) is 0 Å². The van der Waals surface area contributed by atoms with E-state index < -0.39 is 26.4 Å². The molecule has 3 unspecified atom stereocenters. The van der Waals surface area contributed by atoms with Crippen molar-refractivity contribution in [2.45, 2.75) is 30.4 Å². The van der Waals surface area contributed by atoms with Crippen LogP contribution in [0.5, 0.6) is 0 Å². The molecule has 0 saturated carbocycles. The van der Waals surface area contributed by atoms with Gasteiger partial charge in [0.05, 0.1) is 16.5 Å². The van der Waals surface area contributed by atoms with E-state index in [0.717, 1.165) is 0 Å². The third-order valence-electron chi connectivity index (χ3n) is 3.41. The van der Waals surface area contributed by atoms with E-state index >= 15 is 0 Å². The number of benzene rings is 1. The lowest BCUT2D eigenvalue weighted by atomic mass is 10.0. The molecule has 2 rings (SSSR count). The zero-order valence-corrected chi connectivity index (χ0v) is 10.7. The fraction of sp³-hybridized carbons (Fsp3) is 0.500. The average Bonchev–Trinajstić information content (AvgIpc) is 2.29. The molecule has 3 atom stereocenters. The lowest BCUT2D eigenvalue weighted by Gasteiger charge is -2.34. The van der Waals surface area contributed by atoms with Crippen LogP contribution in [-0.2, 0) is 9.84 Å². The van der Waals surface area contributed by atoms with E-state index in [2.05, 4.69) is 5.32 Å². The molecule has 1 aliphatic rings. The van der Waals surface area contributed by atoms with Gasteiger partial charge in [-0.05, 0) is 19.9 Å². The van der Waals surface area contributed by atoms with Crippen LogP contribution >= 0.6 is 0 Å². The molecule has 0 spiro atoms. The Labute approximate surface area is 101 Å². The fourth-order valence-corrected chi connectivity index (χ4v) is 3.90. The molecule has 0 aromatic heterocycles. The van der Waals surface area contributed by atoms with Gasteiger partial charge in [0.2, 0.25) is 0 Å². The van der Waals surface area contributed by atoms with E-state index in [-0.39, 0.29) is 5.82 Å². The SMILES string of the molecule is CC1CNC(c2ccccc2F)C(C)S1(=O)=O. The number of rotatable bonds is 1. The number of nitrogens with one attached hydrogen (secondary N) is 1. The van der Waals surface area contributed by atoms with Gasteiger partial charge in [0, 0.05) is 12.1 Å². The van der Waals surface area contributed by atoms with Crippen molar-refractivity contribution in [2.75, 3.05) is 6.54 Å². The second-order valence-electron chi connectivity index (χ2n) is 4.51. The number of sulfone groups is 1. The van der Waals surface area contributed by atoms with Crippen molar-refractivity contribution >= 4 is 9.84 Å². The van der Waals surface area contributed by atoms with Crippen molar-refractivity contribution in [1.82, 2.24) is 5.32 Å². The van der Waals surface area contributed by atoms with Crippen molar-refractivity contribution in [1.29, 1.82) is 0 Å². The van der Waals surface area contributed by atoms with Crippen molar-refractivity contribution in [2.24, 2.45) is 0 Å². The number of hydrogen-bond acceptors (Lipinski definition) is 3. The molecule has 1 saturated heterocycles. The lowest BCUT2D eigenvalue weighted by Crippen LogP contribution is -2.49. The topological polar surface area (TPSA) is 46.2 Å². The summed E-state index contributed by atoms with van der Waals surface area (Å²) in [7, 11) is -3.18. The van der Waals surface area contributed by atoms with Gasteiger partial charge in [-0.1, -0.05) is 18.2 Å². The molecule has 1 aromatic rings. The van der Waals surface area contributed by atoms with Gasteiger partial charge in [0.15, 0.2) is 9.84 Å². The van der Waals surface area contributed by atoms with Crippen LogP contribution < -0.4 is 5.32 Å². The summed E-state index contributed by atoms with van der Waals surface area (Å²) in [6.45, 7) is 3.68. The van der Waals surface area contributed by atoms with Crippen LogP contribution in [0, 0.1) is 5.82 Å². The van der Waals surface area contributed by atoms with Gasteiger partial charge < -0.3 is 5.32 Å². The summed E-state index contributed by atoms with van der Waals surface area (Å²) in [5.41, 5.74) is 0.426. The molecule has 94 valence electrons. The van der Waals surface area contributed by atoms with E-state index in [0.29, 0.717) is 12.1 Å². The summed E-state index contributed by atoms with van der Waals surface area (Å²) in [6, 6.07) is 5.85. The molecule has 3 nitrogen and oxygen atoms in total. The smallest absolute Gasteiger partial charge is 0.158 e. The molecule has 1 aliphatic heterocycles. The Balaban J connectivity index is 2.39. The van der Waals surface area contributed by atoms with E-state index in [9.17, 15) is 12.8 Å². The number of hydrogen-bond donors (Lipinski definition) is 1. The van der Waals surface area contributed by atoms with Crippen molar-refractivity contribution in [3.05, 3.63) is 35.6 Å². The Morgan fingerprint density at radius 1 is 1.29 bits per heavy atom. The van der Waals surface area contributed by atoms with Gasteiger partial charge in [-0.15, -0.1) is 0 Å². The second kappa shape index (κ2) is 4.38. The molecule has 1 fully saturated rings. The molecule has 1 N–H and O–H groups in total. The third kappa shape index (κ3) is 2.09. The maximum absolute atomic E-state index is 13.7. The summed E-state index contributed by atoms with van der Waals surface area (Å²) in [5.74, 6) is -0.360. The van der Waals surface area contributed by atoms with Gasteiger partial charge >= 0.3 is 0 Å². The Morgan fingerprint density at radius 2 is 1.94 bits per heavy atom. The monoisotopic (exact) mass is 257 g/mol. The average molecular weight is 257 g/mol. The highest BCUT2D eigenvalue weighted by molar-refractivity contribution is 7.92. The summed E-state index contributed by atoms with van der Waals surface area (Å²) >= 11 is 0. The zero-order valence-electron chi connectivity index (χ0n) is 9.85. The quantitative estimate of drug-likeness (QED) is 0.832. The second-order valence-corrected chi connectivity index (χ2v) is 7.24. The van der Waals surface area contributed by atoms with E-state index in [1.807, 2.05) is 0 Å². The maximum Gasteiger partial charge on any atom is 0.158 e. The van der Waals surface area contributed by atoms with Crippen LogP contribution in [0.3, 0.4) is 0 Å². The Bertz CT molecular complexity index is 515. The summed E-state index contributed by atoms with van der Waals surface area (Å²) in [5, 5.41) is 2.09. The highest BCUT2D eigenvalue weighted by Gasteiger charge is 2.39. The Kier molecular flexibility index (Phi) is 3.23. The molecule has 17 heavy (non-hydrogen) atoms. The van der Waals surface area contributed by atoms with Crippen LogP contribution in [0.25, 0.3) is 0 Å². The summed E-state index contributed by atoms with van der Waals surface area (Å²) in [6.07, 6.45) is 0. The molecule has 1 heterocycles. The van der Waals surface area contributed by atoms with Crippen LogP contribution in [0.2, 0.25) is 0 Å². The molecule has 0 amide bonds. The molecular weight excluding hydrogens is 241 g/mol. The first-order chi connectivity index (χ1) is 7.94. The Hall–Kier alpha value is -0.940. The first-order valence-electron chi connectivity index (χ1n) is 5.65.